The first-order valence-electron chi connectivity index (χ1n) is 7.74. The smallest absolute Gasteiger partial charge is 0.324 e. The van der Waals surface area contributed by atoms with Crippen molar-refractivity contribution in [1.29, 1.82) is 0 Å². The Balaban J connectivity index is 1.54. The van der Waals surface area contributed by atoms with Crippen molar-refractivity contribution in [1.82, 2.24) is 15.0 Å². The lowest BCUT2D eigenvalue weighted by molar-refractivity contribution is -0.130. The van der Waals surface area contributed by atoms with Gasteiger partial charge in [0.1, 0.15) is 0 Å². The van der Waals surface area contributed by atoms with E-state index in [1.807, 2.05) is 42.3 Å². The molecule has 1 aromatic carbocycles. The Morgan fingerprint density at radius 2 is 2.04 bits per heavy atom. The van der Waals surface area contributed by atoms with Crippen LogP contribution in [0.1, 0.15) is 6.42 Å². The Kier molecular flexibility index (Phi) is 3.49. The van der Waals surface area contributed by atoms with Crippen molar-refractivity contribution in [3.8, 4) is 11.4 Å². The Morgan fingerprint density at radius 3 is 2.87 bits per heavy atom. The summed E-state index contributed by atoms with van der Waals surface area (Å²) in [4.78, 5) is 20.2. The van der Waals surface area contributed by atoms with Crippen molar-refractivity contribution in [2.75, 3.05) is 31.6 Å². The Bertz CT molecular complexity index is 702. The van der Waals surface area contributed by atoms with E-state index < -0.39 is 0 Å². The molecule has 2 atom stereocenters. The molecule has 2 aliphatic rings. The van der Waals surface area contributed by atoms with Crippen molar-refractivity contribution >= 4 is 11.9 Å². The SMILES string of the molecule is CN1C(=O)CCO[C@H]2CN(c3nc(-c4ccccc4)no3)C[C@@H]21. The highest BCUT2D eigenvalue weighted by molar-refractivity contribution is 5.77. The molecule has 0 N–H and O–H groups in total. The van der Waals surface area contributed by atoms with Crippen LogP contribution in [0.3, 0.4) is 0 Å². The third kappa shape index (κ3) is 2.57. The van der Waals surface area contributed by atoms with Gasteiger partial charge in [0.2, 0.25) is 11.7 Å². The molecule has 0 radical (unpaired) electrons. The molecule has 23 heavy (non-hydrogen) atoms. The molecule has 1 aromatic heterocycles. The fourth-order valence-corrected chi connectivity index (χ4v) is 3.16. The summed E-state index contributed by atoms with van der Waals surface area (Å²) >= 11 is 0. The molecule has 2 fully saturated rings. The Labute approximate surface area is 133 Å². The zero-order valence-electron chi connectivity index (χ0n) is 12.9. The summed E-state index contributed by atoms with van der Waals surface area (Å²) in [6.07, 6.45) is 0.431. The maximum absolute atomic E-state index is 12.0. The monoisotopic (exact) mass is 314 g/mol. The van der Waals surface area contributed by atoms with Crippen molar-refractivity contribution in [3.63, 3.8) is 0 Å². The summed E-state index contributed by atoms with van der Waals surface area (Å²) in [6.45, 7) is 1.76. The average Bonchev–Trinajstić information content (AvgIpc) is 3.19. The summed E-state index contributed by atoms with van der Waals surface area (Å²) in [5, 5.41) is 4.05. The number of benzene rings is 1. The minimum absolute atomic E-state index is 0.0153. The number of aromatic nitrogens is 2. The van der Waals surface area contributed by atoms with Gasteiger partial charge < -0.3 is 19.1 Å². The number of nitrogens with zero attached hydrogens (tertiary/aromatic N) is 4. The van der Waals surface area contributed by atoms with E-state index in [1.54, 1.807) is 4.90 Å². The number of hydrogen-bond donors (Lipinski definition) is 0. The summed E-state index contributed by atoms with van der Waals surface area (Å²) in [5.74, 6) is 0.688. The van der Waals surface area contributed by atoms with Crippen molar-refractivity contribution in [2.24, 2.45) is 0 Å². The quantitative estimate of drug-likeness (QED) is 0.829. The highest BCUT2D eigenvalue weighted by atomic mass is 16.5. The Morgan fingerprint density at radius 1 is 1.22 bits per heavy atom. The molecule has 2 saturated heterocycles. The van der Waals surface area contributed by atoms with Gasteiger partial charge in [-0.25, -0.2) is 0 Å². The van der Waals surface area contributed by atoms with Crippen LogP contribution in [0.25, 0.3) is 11.4 Å². The number of carbonyl (C=O) groups excluding carboxylic acids is 1. The molecule has 7 heteroatoms. The molecular formula is C16H18N4O3. The van der Waals surface area contributed by atoms with E-state index in [-0.39, 0.29) is 18.1 Å². The molecule has 0 unspecified atom stereocenters. The molecule has 0 saturated carbocycles. The highest BCUT2D eigenvalue weighted by Gasteiger charge is 2.41. The molecular weight excluding hydrogens is 296 g/mol. The second-order valence-corrected chi connectivity index (χ2v) is 5.90. The van der Waals surface area contributed by atoms with Gasteiger partial charge in [0.05, 0.1) is 31.7 Å². The minimum atomic E-state index is -0.0153. The second kappa shape index (κ2) is 5.66. The third-order valence-corrected chi connectivity index (χ3v) is 4.49. The van der Waals surface area contributed by atoms with Gasteiger partial charge in [0, 0.05) is 19.2 Å². The fraction of sp³-hybridized carbons (Fsp3) is 0.438. The molecule has 2 aliphatic heterocycles. The Hall–Kier alpha value is -2.41. The summed E-state index contributed by atoms with van der Waals surface area (Å²) in [5.41, 5.74) is 0.916. The van der Waals surface area contributed by atoms with Crippen molar-refractivity contribution in [3.05, 3.63) is 30.3 Å². The summed E-state index contributed by atoms with van der Waals surface area (Å²) < 4.78 is 11.2. The van der Waals surface area contributed by atoms with Crippen LogP contribution in [-0.4, -0.2) is 59.8 Å². The standard InChI is InChI=1S/C16H18N4O3/c1-19-12-9-20(10-13(12)22-8-7-14(19)21)16-17-15(18-23-16)11-5-3-2-4-6-11/h2-6,12-13H,7-10H2,1H3/t12-,13-/m0/s1. The van der Waals surface area contributed by atoms with E-state index in [0.29, 0.717) is 38.0 Å². The summed E-state index contributed by atoms with van der Waals surface area (Å²) in [6, 6.07) is 10.2. The van der Waals surface area contributed by atoms with E-state index in [4.69, 9.17) is 9.26 Å². The van der Waals surface area contributed by atoms with Crippen LogP contribution in [0.4, 0.5) is 6.01 Å². The molecule has 120 valence electrons. The van der Waals surface area contributed by atoms with Gasteiger partial charge in [-0.15, -0.1) is 0 Å². The molecule has 1 amide bonds. The van der Waals surface area contributed by atoms with Crippen LogP contribution in [-0.2, 0) is 9.53 Å². The average molecular weight is 314 g/mol. The molecule has 0 spiro atoms. The summed E-state index contributed by atoms with van der Waals surface area (Å²) in [7, 11) is 1.83. The minimum Gasteiger partial charge on any atom is -0.374 e. The number of anilines is 1. The van der Waals surface area contributed by atoms with Gasteiger partial charge in [0.15, 0.2) is 0 Å². The molecule has 0 aliphatic carbocycles. The van der Waals surface area contributed by atoms with Crippen molar-refractivity contribution in [2.45, 2.75) is 18.6 Å². The third-order valence-electron chi connectivity index (χ3n) is 4.49. The number of ether oxygens (including phenoxy) is 1. The molecule has 2 aromatic rings. The van der Waals surface area contributed by atoms with Crippen LogP contribution < -0.4 is 4.90 Å². The van der Waals surface area contributed by atoms with Gasteiger partial charge in [0.25, 0.3) is 0 Å². The lowest BCUT2D eigenvalue weighted by Crippen LogP contribution is -2.42. The van der Waals surface area contributed by atoms with Crippen LogP contribution in [0.2, 0.25) is 0 Å². The van der Waals surface area contributed by atoms with Gasteiger partial charge in [-0.2, -0.15) is 4.98 Å². The predicted octanol–water partition coefficient (Wildman–Crippen LogP) is 1.17. The highest BCUT2D eigenvalue weighted by Crippen LogP contribution is 2.27. The van der Waals surface area contributed by atoms with Crippen LogP contribution in [0, 0.1) is 0 Å². The van der Waals surface area contributed by atoms with Crippen molar-refractivity contribution < 1.29 is 14.1 Å². The van der Waals surface area contributed by atoms with E-state index >= 15 is 0 Å². The molecule has 0 bridgehead atoms. The first-order chi connectivity index (χ1) is 11.2. The number of hydrogen-bond acceptors (Lipinski definition) is 6. The van der Waals surface area contributed by atoms with E-state index in [0.717, 1.165) is 5.56 Å². The maximum Gasteiger partial charge on any atom is 0.324 e. The second-order valence-electron chi connectivity index (χ2n) is 5.90. The number of carbonyl (C=O) groups is 1. The zero-order chi connectivity index (χ0) is 15.8. The van der Waals surface area contributed by atoms with Crippen LogP contribution in [0.15, 0.2) is 34.9 Å². The van der Waals surface area contributed by atoms with E-state index in [2.05, 4.69) is 10.1 Å². The number of fused-ring (bicyclic) bond motifs is 1. The largest absolute Gasteiger partial charge is 0.374 e. The molecule has 4 rings (SSSR count). The normalized spacial score (nSPS) is 24.7. The maximum atomic E-state index is 12.0. The van der Waals surface area contributed by atoms with E-state index in [1.165, 1.54) is 0 Å². The number of likely N-dealkylation sites (N-methyl/N-ethyl adjacent to an activating group) is 1. The van der Waals surface area contributed by atoms with Gasteiger partial charge in [-0.1, -0.05) is 35.5 Å². The van der Waals surface area contributed by atoms with Gasteiger partial charge in [-0.05, 0) is 0 Å². The molecule has 7 nitrogen and oxygen atoms in total. The molecule has 3 heterocycles. The van der Waals surface area contributed by atoms with E-state index in [9.17, 15) is 4.79 Å². The van der Waals surface area contributed by atoms with Gasteiger partial charge >= 0.3 is 6.01 Å². The zero-order valence-corrected chi connectivity index (χ0v) is 12.9. The lowest BCUT2D eigenvalue weighted by atomic mass is 10.2. The van der Waals surface area contributed by atoms with Gasteiger partial charge in [-0.3, -0.25) is 4.79 Å². The number of rotatable bonds is 2. The fourth-order valence-electron chi connectivity index (χ4n) is 3.16. The number of amides is 1. The first kappa shape index (κ1) is 14.2. The first-order valence-corrected chi connectivity index (χ1v) is 7.74. The predicted molar refractivity (Wildman–Crippen MR) is 82.9 cm³/mol. The van der Waals surface area contributed by atoms with Crippen LogP contribution in [0.5, 0.6) is 0 Å². The van der Waals surface area contributed by atoms with Crippen LogP contribution >= 0.6 is 0 Å². The lowest BCUT2D eigenvalue weighted by Gasteiger charge is -2.24. The topological polar surface area (TPSA) is 71.7 Å².